The number of fused-ring (bicyclic) bond motifs is 2. The summed E-state index contributed by atoms with van der Waals surface area (Å²) in [5, 5.41) is 24.8. The predicted octanol–water partition coefficient (Wildman–Crippen LogP) is 2.90. The van der Waals surface area contributed by atoms with Gasteiger partial charge in [0, 0.05) is 60.7 Å². The number of halogens is 1. The van der Waals surface area contributed by atoms with Crippen LogP contribution in [0.5, 0.6) is 5.75 Å². The third-order valence-corrected chi connectivity index (χ3v) is 7.07. The van der Waals surface area contributed by atoms with E-state index in [1.807, 2.05) is 12.1 Å². The summed E-state index contributed by atoms with van der Waals surface area (Å²) in [6, 6.07) is 11.5. The zero-order chi connectivity index (χ0) is 25.4. The number of benzene rings is 2. The van der Waals surface area contributed by atoms with Crippen LogP contribution in [0.3, 0.4) is 0 Å². The second-order valence-corrected chi connectivity index (χ2v) is 9.17. The topological polar surface area (TPSA) is 111 Å². The molecule has 1 saturated heterocycles. The standard InChI is InChI=1S/C21H25FN2O2S.C4H4O4/c1-26-17-3-5-20-15(12-17)13-19(18-14-16(22)2-4-21(18)27-20)24-8-6-23(7-9-24)10-11-25;5-3(6)1-2-4(7)8/h2-5,12,14,19,25H,6-11,13H2,1H3;1-2H,(H,5,6)(H,7,8)/b;2-1+. The Kier molecular flexibility index (Phi) is 9.67. The average molecular weight is 505 g/mol. The van der Waals surface area contributed by atoms with E-state index < -0.39 is 11.9 Å². The van der Waals surface area contributed by atoms with Gasteiger partial charge in [-0.2, -0.15) is 0 Å². The summed E-state index contributed by atoms with van der Waals surface area (Å²) in [6.45, 7) is 4.62. The Morgan fingerprint density at radius 2 is 1.71 bits per heavy atom. The molecule has 8 nitrogen and oxygen atoms in total. The predicted molar refractivity (Wildman–Crippen MR) is 129 cm³/mol. The highest BCUT2D eigenvalue weighted by molar-refractivity contribution is 7.99. The summed E-state index contributed by atoms with van der Waals surface area (Å²) in [4.78, 5) is 26.2. The number of carbonyl (C=O) groups is 2. The lowest BCUT2D eigenvalue weighted by molar-refractivity contribution is -0.134. The Balaban J connectivity index is 0.000000371. The molecule has 2 aromatic rings. The van der Waals surface area contributed by atoms with Crippen molar-refractivity contribution in [3.63, 3.8) is 0 Å². The minimum absolute atomic E-state index is 0.146. The van der Waals surface area contributed by atoms with Gasteiger partial charge in [0.1, 0.15) is 11.6 Å². The average Bonchev–Trinajstić information content (AvgIpc) is 3.00. The monoisotopic (exact) mass is 504 g/mol. The van der Waals surface area contributed by atoms with Crippen molar-refractivity contribution in [3.05, 3.63) is 65.5 Å². The molecule has 0 spiro atoms. The fourth-order valence-corrected chi connectivity index (χ4v) is 5.25. The first kappa shape index (κ1) is 26.7. The number of aliphatic carboxylic acids is 2. The molecule has 0 aliphatic carbocycles. The highest BCUT2D eigenvalue weighted by Crippen LogP contribution is 2.44. The van der Waals surface area contributed by atoms with E-state index in [1.165, 1.54) is 10.5 Å². The van der Waals surface area contributed by atoms with Crippen LogP contribution in [-0.4, -0.2) is 83.5 Å². The van der Waals surface area contributed by atoms with Crippen molar-refractivity contribution in [1.82, 2.24) is 9.80 Å². The van der Waals surface area contributed by atoms with Crippen LogP contribution in [0.2, 0.25) is 0 Å². The van der Waals surface area contributed by atoms with Crippen molar-refractivity contribution in [2.45, 2.75) is 22.3 Å². The van der Waals surface area contributed by atoms with Gasteiger partial charge in [0.25, 0.3) is 0 Å². The Morgan fingerprint density at radius 1 is 1.06 bits per heavy atom. The highest BCUT2D eigenvalue weighted by atomic mass is 32.2. The molecule has 1 atom stereocenters. The van der Waals surface area contributed by atoms with Crippen LogP contribution in [0, 0.1) is 5.82 Å². The van der Waals surface area contributed by atoms with E-state index in [-0.39, 0.29) is 18.5 Å². The van der Waals surface area contributed by atoms with Crippen LogP contribution in [0.25, 0.3) is 0 Å². The third-order valence-electron chi connectivity index (χ3n) is 5.86. The number of hydrogen-bond acceptors (Lipinski definition) is 7. The molecular weight excluding hydrogens is 475 g/mol. The van der Waals surface area contributed by atoms with Crippen LogP contribution in [0.1, 0.15) is 17.2 Å². The number of carboxylic acid groups (broad SMARTS) is 2. The van der Waals surface area contributed by atoms with Gasteiger partial charge in [-0.05, 0) is 53.9 Å². The van der Waals surface area contributed by atoms with E-state index in [9.17, 15) is 19.1 Å². The first-order valence-corrected chi connectivity index (χ1v) is 12.0. The Labute approximate surface area is 207 Å². The van der Waals surface area contributed by atoms with Crippen LogP contribution in [0.15, 0.2) is 58.3 Å². The highest BCUT2D eigenvalue weighted by Gasteiger charge is 2.30. The largest absolute Gasteiger partial charge is 0.497 e. The molecule has 1 unspecified atom stereocenters. The van der Waals surface area contributed by atoms with Crippen LogP contribution in [0.4, 0.5) is 4.39 Å². The normalized spacial score (nSPS) is 18.1. The molecule has 188 valence electrons. The fraction of sp³-hybridized carbons (Fsp3) is 0.360. The smallest absolute Gasteiger partial charge is 0.328 e. The number of β-amino-alcohol motifs (C(OH)–C–C–N with tert-alkyl or cyclic N) is 1. The molecule has 0 amide bonds. The lowest BCUT2D eigenvalue weighted by Gasteiger charge is -2.39. The third kappa shape index (κ3) is 7.53. The van der Waals surface area contributed by atoms with E-state index in [1.54, 1.807) is 31.0 Å². The number of ether oxygens (including phenoxy) is 1. The van der Waals surface area contributed by atoms with Crippen molar-refractivity contribution in [3.8, 4) is 5.75 Å². The first-order valence-electron chi connectivity index (χ1n) is 11.2. The van der Waals surface area contributed by atoms with E-state index in [4.69, 9.17) is 14.9 Å². The molecule has 10 heteroatoms. The zero-order valence-electron chi connectivity index (χ0n) is 19.4. The number of piperazine rings is 1. The number of rotatable bonds is 6. The maximum Gasteiger partial charge on any atom is 0.328 e. The number of methoxy groups -OCH3 is 1. The molecule has 2 aliphatic rings. The van der Waals surface area contributed by atoms with Gasteiger partial charge < -0.3 is 20.1 Å². The van der Waals surface area contributed by atoms with E-state index in [0.717, 1.165) is 55.4 Å². The van der Waals surface area contributed by atoms with E-state index in [0.29, 0.717) is 12.2 Å². The van der Waals surface area contributed by atoms with Crippen molar-refractivity contribution in [2.75, 3.05) is 46.4 Å². The minimum Gasteiger partial charge on any atom is -0.497 e. The first-order chi connectivity index (χ1) is 16.8. The summed E-state index contributed by atoms with van der Waals surface area (Å²) in [7, 11) is 1.69. The molecule has 2 aliphatic heterocycles. The van der Waals surface area contributed by atoms with Gasteiger partial charge in [0.2, 0.25) is 0 Å². The van der Waals surface area contributed by atoms with Crippen molar-refractivity contribution in [2.24, 2.45) is 0 Å². The van der Waals surface area contributed by atoms with Crippen molar-refractivity contribution in [1.29, 1.82) is 0 Å². The molecular formula is C25H29FN2O6S. The summed E-state index contributed by atoms with van der Waals surface area (Å²) in [6.07, 6.45) is 1.96. The number of aliphatic hydroxyl groups is 1. The molecule has 0 radical (unpaired) electrons. The number of hydrogen-bond donors (Lipinski definition) is 3. The Morgan fingerprint density at radius 3 is 2.31 bits per heavy atom. The fourth-order valence-electron chi connectivity index (χ4n) is 4.16. The van der Waals surface area contributed by atoms with Gasteiger partial charge in [0.05, 0.1) is 13.7 Å². The number of carboxylic acids is 2. The molecule has 2 heterocycles. The summed E-state index contributed by atoms with van der Waals surface area (Å²) in [5.74, 6) is -1.83. The number of nitrogens with zero attached hydrogens (tertiary/aromatic N) is 2. The van der Waals surface area contributed by atoms with E-state index in [2.05, 4.69) is 21.9 Å². The van der Waals surface area contributed by atoms with Crippen LogP contribution in [-0.2, 0) is 16.0 Å². The lowest BCUT2D eigenvalue weighted by atomic mass is 9.96. The summed E-state index contributed by atoms with van der Waals surface area (Å²) < 4.78 is 19.5. The maximum absolute atomic E-state index is 14.1. The van der Waals surface area contributed by atoms with Gasteiger partial charge in [-0.25, -0.2) is 14.0 Å². The van der Waals surface area contributed by atoms with Gasteiger partial charge in [-0.1, -0.05) is 11.8 Å². The second kappa shape index (κ2) is 12.7. The SMILES string of the molecule is COc1ccc2c(c1)CC(N1CCN(CCO)CC1)c1cc(F)ccc1S2.O=C(O)/C=C/C(=O)O. The molecule has 0 bridgehead atoms. The molecule has 1 fully saturated rings. The summed E-state index contributed by atoms with van der Waals surface area (Å²) in [5.41, 5.74) is 2.32. The summed E-state index contributed by atoms with van der Waals surface area (Å²) >= 11 is 1.72. The zero-order valence-corrected chi connectivity index (χ0v) is 20.2. The molecule has 35 heavy (non-hydrogen) atoms. The minimum atomic E-state index is -1.26. The second-order valence-electron chi connectivity index (χ2n) is 8.09. The van der Waals surface area contributed by atoms with Gasteiger partial charge in [-0.15, -0.1) is 0 Å². The molecule has 0 saturated carbocycles. The quantitative estimate of drug-likeness (QED) is 0.512. The Bertz CT molecular complexity index is 1060. The molecule has 0 aromatic heterocycles. The van der Waals surface area contributed by atoms with Crippen molar-refractivity contribution < 1.29 is 34.0 Å². The van der Waals surface area contributed by atoms with Crippen LogP contribution < -0.4 is 4.74 Å². The van der Waals surface area contributed by atoms with Gasteiger partial charge in [-0.3, -0.25) is 9.80 Å². The lowest BCUT2D eigenvalue weighted by Crippen LogP contribution is -2.48. The van der Waals surface area contributed by atoms with Gasteiger partial charge >= 0.3 is 11.9 Å². The number of aliphatic hydroxyl groups excluding tert-OH is 1. The maximum atomic E-state index is 14.1. The molecule has 3 N–H and O–H groups in total. The molecule has 2 aromatic carbocycles. The Hall–Kier alpha value is -2.92. The van der Waals surface area contributed by atoms with Crippen molar-refractivity contribution >= 4 is 23.7 Å². The van der Waals surface area contributed by atoms with Crippen LogP contribution >= 0.6 is 11.8 Å². The van der Waals surface area contributed by atoms with Gasteiger partial charge in [0.15, 0.2) is 0 Å². The van der Waals surface area contributed by atoms with E-state index >= 15 is 0 Å². The molecule has 4 rings (SSSR count).